The smallest absolute Gasteiger partial charge is 0.220 e. The topological polar surface area (TPSA) is 56.8 Å². The molecule has 0 spiro atoms. The van der Waals surface area contributed by atoms with Gasteiger partial charge in [0.05, 0.1) is 21.3 Å². The fourth-order valence-corrected chi connectivity index (χ4v) is 4.36. The summed E-state index contributed by atoms with van der Waals surface area (Å²) in [4.78, 5) is 12.3. The van der Waals surface area contributed by atoms with Gasteiger partial charge in [0.25, 0.3) is 0 Å². The Labute approximate surface area is 143 Å². The van der Waals surface area contributed by atoms with Crippen molar-refractivity contribution in [1.29, 1.82) is 0 Å². The minimum atomic E-state index is 0.129. The van der Waals surface area contributed by atoms with Crippen LogP contribution in [-0.2, 0) is 11.3 Å². The third-order valence-electron chi connectivity index (χ3n) is 5.59. The van der Waals surface area contributed by atoms with E-state index in [2.05, 4.69) is 5.32 Å². The predicted molar refractivity (Wildman–Crippen MR) is 91.5 cm³/mol. The molecule has 3 atom stereocenters. The number of ether oxygens (including phenoxy) is 3. The Morgan fingerprint density at radius 1 is 1.04 bits per heavy atom. The molecule has 1 aromatic rings. The zero-order valence-electron chi connectivity index (χ0n) is 14.8. The predicted octanol–water partition coefficient (Wildman–Crippen LogP) is 3.15. The number of benzene rings is 1. The molecule has 0 aromatic heterocycles. The van der Waals surface area contributed by atoms with Crippen molar-refractivity contribution >= 4 is 5.91 Å². The van der Waals surface area contributed by atoms with Gasteiger partial charge in [-0.1, -0.05) is 6.42 Å². The lowest BCUT2D eigenvalue weighted by molar-refractivity contribution is -0.122. The normalized spacial score (nSPS) is 24.7. The Balaban J connectivity index is 1.60. The van der Waals surface area contributed by atoms with Crippen LogP contribution in [-0.4, -0.2) is 27.2 Å². The summed E-state index contributed by atoms with van der Waals surface area (Å²) in [5.41, 5.74) is 0.886. The lowest BCUT2D eigenvalue weighted by atomic mass is 9.86. The van der Waals surface area contributed by atoms with Gasteiger partial charge in [-0.15, -0.1) is 0 Å². The molecule has 5 nitrogen and oxygen atoms in total. The SMILES string of the molecule is COc1cc(OC)c(OC)cc1CNC(=O)C[C@H]1C[C@H]2CC[C@@H]1C2. The second kappa shape index (κ2) is 7.32. The standard InChI is InChI=1S/C19H27NO4/c1-22-16-10-18(24-3)17(23-2)8-15(16)11-20-19(21)9-14-7-12-4-5-13(14)6-12/h8,10,12-14H,4-7,9,11H2,1-3H3,(H,20,21)/t12-,13+,14+/m0/s1. The second-order valence-corrected chi connectivity index (χ2v) is 6.93. The summed E-state index contributed by atoms with van der Waals surface area (Å²) in [5, 5.41) is 3.03. The molecule has 24 heavy (non-hydrogen) atoms. The molecule has 2 saturated carbocycles. The van der Waals surface area contributed by atoms with E-state index in [1.807, 2.05) is 6.07 Å². The molecule has 0 saturated heterocycles. The molecule has 0 unspecified atom stereocenters. The fourth-order valence-electron chi connectivity index (χ4n) is 4.36. The molecule has 0 heterocycles. The lowest BCUT2D eigenvalue weighted by Gasteiger charge is -2.21. The van der Waals surface area contributed by atoms with Gasteiger partial charge in [0, 0.05) is 24.6 Å². The molecule has 2 bridgehead atoms. The Bertz CT molecular complexity index is 601. The van der Waals surface area contributed by atoms with Crippen molar-refractivity contribution in [2.75, 3.05) is 21.3 Å². The van der Waals surface area contributed by atoms with Crippen molar-refractivity contribution in [3.8, 4) is 17.2 Å². The number of hydrogen-bond donors (Lipinski definition) is 1. The van der Waals surface area contributed by atoms with Gasteiger partial charge < -0.3 is 19.5 Å². The van der Waals surface area contributed by atoms with E-state index in [-0.39, 0.29) is 5.91 Å². The monoisotopic (exact) mass is 333 g/mol. The van der Waals surface area contributed by atoms with Gasteiger partial charge in [-0.25, -0.2) is 0 Å². The highest BCUT2D eigenvalue weighted by molar-refractivity contribution is 5.76. The first-order valence-corrected chi connectivity index (χ1v) is 8.70. The number of nitrogens with one attached hydrogen (secondary N) is 1. The summed E-state index contributed by atoms with van der Waals surface area (Å²) in [6, 6.07) is 3.64. The van der Waals surface area contributed by atoms with Crippen molar-refractivity contribution in [3.05, 3.63) is 17.7 Å². The Hall–Kier alpha value is -1.91. The lowest BCUT2D eigenvalue weighted by Crippen LogP contribution is -2.27. The number of methoxy groups -OCH3 is 3. The average Bonchev–Trinajstić information content (AvgIpc) is 3.21. The highest BCUT2D eigenvalue weighted by Gasteiger charge is 2.40. The van der Waals surface area contributed by atoms with E-state index in [4.69, 9.17) is 14.2 Å². The van der Waals surface area contributed by atoms with Gasteiger partial charge in [-0.05, 0) is 43.1 Å². The van der Waals surface area contributed by atoms with Crippen LogP contribution in [0.25, 0.3) is 0 Å². The largest absolute Gasteiger partial charge is 0.496 e. The molecule has 1 amide bonds. The van der Waals surface area contributed by atoms with Gasteiger partial charge in [0.1, 0.15) is 5.75 Å². The van der Waals surface area contributed by atoms with Gasteiger partial charge >= 0.3 is 0 Å². The van der Waals surface area contributed by atoms with E-state index in [0.717, 1.165) is 17.4 Å². The van der Waals surface area contributed by atoms with Crippen molar-refractivity contribution in [2.24, 2.45) is 17.8 Å². The van der Waals surface area contributed by atoms with Crippen LogP contribution < -0.4 is 19.5 Å². The number of fused-ring (bicyclic) bond motifs is 2. The van der Waals surface area contributed by atoms with Crippen LogP contribution in [0.1, 0.15) is 37.7 Å². The third kappa shape index (κ3) is 3.45. The third-order valence-corrected chi connectivity index (χ3v) is 5.59. The van der Waals surface area contributed by atoms with E-state index in [1.54, 1.807) is 27.4 Å². The Morgan fingerprint density at radius 2 is 1.75 bits per heavy atom. The van der Waals surface area contributed by atoms with Gasteiger partial charge in [0.15, 0.2) is 11.5 Å². The molecule has 5 heteroatoms. The van der Waals surface area contributed by atoms with Crippen molar-refractivity contribution in [1.82, 2.24) is 5.32 Å². The molecule has 0 radical (unpaired) electrons. The molecular formula is C19H27NO4. The first kappa shape index (κ1) is 16.9. The maximum atomic E-state index is 12.3. The van der Waals surface area contributed by atoms with E-state index in [9.17, 15) is 4.79 Å². The number of carbonyl (C=O) groups is 1. The number of rotatable bonds is 7. The Morgan fingerprint density at radius 3 is 2.33 bits per heavy atom. The van der Waals surface area contributed by atoms with Gasteiger partial charge in [-0.2, -0.15) is 0 Å². The van der Waals surface area contributed by atoms with Crippen LogP contribution in [0.5, 0.6) is 17.2 Å². The molecular weight excluding hydrogens is 306 g/mol. The van der Waals surface area contributed by atoms with Gasteiger partial charge in [-0.3, -0.25) is 4.79 Å². The number of carbonyl (C=O) groups excluding carboxylic acids is 1. The Kier molecular flexibility index (Phi) is 5.17. The molecule has 0 aliphatic heterocycles. The van der Waals surface area contributed by atoms with Crippen molar-refractivity contribution in [2.45, 2.75) is 38.6 Å². The first-order valence-electron chi connectivity index (χ1n) is 8.70. The van der Waals surface area contributed by atoms with E-state index >= 15 is 0 Å². The van der Waals surface area contributed by atoms with Gasteiger partial charge in [0.2, 0.25) is 5.91 Å². The van der Waals surface area contributed by atoms with Crippen molar-refractivity contribution < 1.29 is 19.0 Å². The molecule has 2 fully saturated rings. The van der Waals surface area contributed by atoms with Crippen LogP contribution in [0.15, 0.2) is 12.1 Å². The quantitative estimate of drug-likeness (QED) is 0.833. The molecule has 132 valence electrons. The minimum absolute atomic E-state index is 0.129. The maximum absolute atomic E-state index is 12.3. The van der Waals surface area contributed by atoms with Crippen molar-refractivity contribution in [3.63, 3.8) is 0 Å². The second-order valence-electron chi connectivity index (χ2n) is 6.93. The van der Waals surface area contributed by atoms with E-state index < -0.39 is 0 Å². The van der Waals surface area contributed by atoms with Crippen LogP contribution in [0.2, 0.25) is 0 Å². The number of amides is 1. The highest BCUT2D eigenvalue weighted by atomic mass is 16.5. The zero-order chi connectivity index (χ0) is 17.1. The molecule has 1 N–H and O–H groups in total. The van der Waals surface area contributed by atoms with Crippen LogP contribution in [0.3, 0.4) is 0 Å². The maximum Gasteiger partial charge on any atom is 0.220 e. The van der Waals surface area contributed by atoms with E-state index in [1.165, 1.54) is 25.7 Å². The number of hydrogen-bond acceptors (Lipinski definition) is 4. The van der Waals surface area contributed by atoms with Crippen LogP contribution in [0, 0.1) is 17.8 Å². The summed E-state index contributed by atoms with van der Waals surface area (Å²) < 4.78 is 16.0. The molecule has 1 aromatic carbocycles. The zero-order valence-corrected chi connectivity index (χ0v) is 14.8. The summed E-state index contributed by atoms with van der Waals surface area (Å²) in [6.07, 6.45) is 5.90. The fraction of sp³-hybridized carbons (Fsp3) is 0.632. The summed E-state index contributed by atoms with van der Waals surface area (Å²) >= 11 is 0. The van der Waals surface area contributed by atoms with Crippen LogP contribution in [0.4, 0.5) is 0 Å². The summed E-state index contributed by atoms with van der Waals surface area (Å²) in [7, 11) is 4.80. The molecule has 2 aliphatic rings. The molecule has 2 aliphatic carbocycles. The summed E-state index contributed by atoms with van der Waals surface area (Å²) in [6.45, 7) is 0.434. The average molecular weight is 333 g/mol. The summed E-state index contributed by atoms with van der Waals surface area (Å²) in [5.74, 6) is 4.30. The minimum Gasteiger partial charge on any atom is -0.496 e. The molecule has 3 rings (SSSR count). The van der Waals surface area contributed by atoms with Crippen LogP contribution >= 0.6 is 0 Å². The highest BCUT2D eigenvalue weighted by Crippen LogP contribution is 2.49. The first-order chi connectivity index (χ1) is 11.6. The van der Waals surface area contributed by atoms with E-state index in [0.29, 0.717) is 36.1 Å².